The Morgan fingerprint density at radius 1 is 1.50 bits per heavy atom. The summed E-state index contributed by atoms with van der Waals surface area (Å²) in [4.78, 5) is 12.0. The Morgan fingerprint density at radius 3 is 2.78 bits per heavy atom. The third-order valence-corrected chi connectivity index (χ3v) is 3.28. The van der Waals surface area contributed by atoms with Gasteiger partial charge in [0.2, 0.25) is 5.22 Å². The number of anilines is 2. The van der Waals surface area contributed by atoms with Crippen LogP contribution in [-0.2, 0) is 0 Å². The highest BCUT2D eigenvalue weighted by Gasteiger charge is 2.15. The molecule has 0 atom stereocenters. The SMILES string of the molecule is Cc1cc(N)c(NC(=O)c2ccoc2Cl)c(Br)c1. The van der Waals surface area contributed by atoms with Crippen LogP contribution < -0.4 is 11.1 Å². The number of nitrogen functional groups attached to an aromatic ring is 1. The molecule has 2 aromatic rings. The second kappa shape index (κ2) is 5.04. The fraction of sp³-hybridized carbons (Fsp3) is 0.0833. The molecule has 18 heavy (non-hydrogen) atoms. The summed E-state index contributed by atoms with van der Waals surface area (Å²) < 4.78 is 5.58. The molecule has 1 heterocycles. The number of halogens is 2. The van der Waals surface area contributed by atoms with Crippen LogP contribution in [0.25, 0.3) is 0 Å². The van der Waals surface area contributed by atoms with Gasteiger partial charge in [0.25, 0.3) is 5.91 Å². The molecule has 0 saturated heterocycles. The number of carbonyl (C=O) groups excluding carboxylic acids is 1. The van der Waals surface area contributed by atoms with Gasteiger partial charge in [0.1, 0.15) is 0 Å². The van der Waals surface area contributed by atoms with Gasteiger partial charge in [-0.25, -0.2) is 0 Å². The average Bonchev–Trinajstić information content (AvgIpc) is 2.69. The molecule has 3 N–H and O–H groups in total. The fourth-order valence-corrected chi connectivity index (χ4v) is 2.43. The van der Waals surface area contributed by atoms with Crippen LogP contribution in [0.15, 0.2) is 33.4 Å². The molecule has 0 spiro atoms. The molecular weight excluding hydrogens is 320 g/mol. The standard InChI is InChI=1S/C12H10BrClN2O2/c1-6-4-8(13)10(9(15)5-6)16-12(17)7-2-3-18-11(7)14/h2-5H,15H2,1H3,(H,16,17). The van der Waals surface area contributed by atoms with Crippen LogP contribution in [0.4, 0.5) is 11.4 Å². The first kappa shape index (κ1) is 13.0. The van der Waals surface area contributed by atoms with E-state index >= 15 is 0 Å². The summed E-state index contributed by atoms with van der Waals surface area (Å²) in [6.07, 6.45) is 1.35. The summed E-state index contributed by atoms with van der Waals surface area (Å²) in [6, 6.07) is 5.14. The van der Waals surface area contributed by atoms with Gasteiger partial charge in [-0.2, -0.15) is 0 Å². The number of furan rings is 1. The van der Waals surface area contributed by atoms with Gasteiger partial charge in [-0.05, 0) is 58.2 Å². The van der Waals surface area contributed by atoms with E-state index in [0.29, 0.717) is 15.8 Å². The van der Waals surface area contributed by atoms with E-state index in [-0.39, 0.29) is 16.7 Å². The van der Waals surface area contributed by atoms with Crippen molar-refractivity contribution in [2.45, 2.75) is 6.92 Å². The Labute approximate surface area is 117 Å². The Morgan fingerprint density at radius 2 is 2.22 bits per heavy atom. The molecule has 2 rings (SSSR count). The number of rotatable bonds is 2. The zero-order chi connectivity index (χ0) is 13.3. The third kappa shape index (κ3) is 2.52. The van der Waals surface area contributed by atoms with Crippen LogP contribution in [0.5, 0.6) is 0 Å². The van der Waals surface area contributed by atoms with Crippen molar-refractivity contribution in [2.24, 2.45) is 0 Å². The number of carbonyl (C=O) groups is 1. The van der Waals surface area contributed by atoms with Crippen molar-refractivity contribution in [3.63, 3.8) is 0 Å². The first-order chi connectivity index (χ1) is 8.49. The first-order valence-corrected chi connectivity index (χ1v) is 6.26. The van der Waals surface area contributed by atoms with Gasteiger partial charge in [-0.15, -0.1) is 0 Å². The Balaban J connectivity index is 2.31. The topological polar surface area (TPSA) is 68.3 Å². The molecule has 1 aromatic carbocycles. The van der Waals surface area contributed by atoms with Crippen LogP contribution >= 0.6 is 27.5 Å². The molecule has 0 aliphatic heterocycles. The van der Waals surface area contributed by atoms with Crippen molar-refractivity contribution in [2.75, 3.05) is 11.1 Å². The van der Waals surface area contributed by atoms with Crippen molar-refractivity contribution in [3.05, 3.63) is 45.3 Å². The molecule has 0 aliphatic carbocycles. The van der Waals surface area contributed by atoms with Crippen LogP contribution in [0, 0.1) is 6.92 Å². The lowest BCUT2D eigenvalue weighted by Crippen LogP contribution is -2.13. The minimum Gasteiger partial charge on any atom is -0.452 e. The molecule has 4 nitrogen and oxygen atoms in total. The van der Waals surface area contributed by atoms with Crippen LogP contribution in [0.3, 0.4) is 0 Å². The van der Waals surface area contributed by atoms with E-state index in [4.69, 9.17) is 21.8 Å². The highest BCUT2D eigenvalue weighted by molar-refractivity contribution is 9.10. The summed E-state index contributed by atoms with van der Waals surface area (Å²) >= 11 is 9.09. The summed E-state index contributed by atoms with van der Waals surface area (Å²) in [5.74, 6) is -0.370. The van der Waals surface area contributed by atoms with Gasteiger partial charge in [-0.1, -0.05) is 0 Å². The molecule has 94 valence electrons. The van der Waals surface area contributed by atoms with E-state index < -0.39 is 0 Å². The molecule has 0 aliphatic rings. The maximum atomic E-state index is 12.0. The van der Waals surface area contributed by atoms with E-state index in [2.05, 4.69) is 21.2 Å². The smallest absolute Gasteiger partial charge is 0.260 e. The van der Waals surface area contributed by atoms with Gasteiger partial charge < -0.3 is 15.5 Å². The molecule has 1 amide bonds. The molecule has 0 fully saturated rings. The molecule has 0 radical (unpaired) electrons. The number of benzene rings is 1. The van der Waals surface area contributed by atoms with Crippen molar-refractivity contribution in [3.8, 4) is 0 Å². The predicted octanol–water partition coefficient (Wildman–Crippen LogP) is 3.84. The molecule has 6 heteroatoms. The molecule has 0 saturated carbocycles. The van der Waals surface area contributed by atoms with Gasteiger partial charge in [0.15, 0.2) is 0 Å². The zero-order valence-corrected chi connectivity index (χ0v) is 11.8. The van der Waals surface area contributed by atoms with Crippen molar-refractivity contribution < 1.29 is 9.21 Å². The molecule has 1 aromatic heterocycles. The summed E-state index contributed by atoms with van der Waals surface area (Å²) in [5, 5.41) is 2.74. The van der Waals surface area contributed by atoms with Crippen LogP contribution in [0.1, 0.15) is 15.9 Å². The quantitative estimate of drug-likeness (QED) is 0.823. The van der Waals surface area contributed by atoms with Crippen molar-refractivity contribution >= 4 is 44.8 Å². The van der Waals surface area contributed by atoms with E-state index in [1.807, 2.05) is 13.0 Å². The number of nitrogens with one attached hydrogen (secondary N) is 1. The minimum atomic E-state index is -0.370. The van der Waals surface area contributed by atoms with E-state index in [9.17, 15) is 4.79 Å². The maximum Gasteiger partial charge on any atom is 0.260 e. The lowest BCUT2D eigenvalue weighted by molar-refractivity contribution is 0.102. The van der Waals surface area contributed by atoms with E-state index in [0.717, 1.165) is 5.56 Å². The third-order valence-electron chi connectivity index (χ3n) is 2.37. The van der Waals surface area contributed by atoms with Gasteiger partial charge in [-0.3, -0.25) is 4.79 Å². The van der Waals surface area contributed by atoms with Gasteiger partial charge in [0.05, 0.1) is 23.2 Å². The molecule has 0 unspecified atom stereocenters. The Hall–Kier alpha value is -1.46. The Kier molecular flexibility index (Phi) is 3.63. The van der Waals surface area contributed by atoms with E-state index in [1.54, 1.807) is 6.07 Å². The monoisotopic (exact) mass is 328 g/mol. The fourth-order valence-electron chi connectivity index (χ4n) is 1.54. The van der Waals surface area contributed by atoms with Crippen molar-refractivity contribution in [1.82, 2.24) is 0 Å². The lowest BCUT2D eigenvalue weighted by Gasteiger charge is -2.10. The summed E-state index contributed by atoms with van der Waals surface area (Å²) in [6.45, 7) is 1.92. The molecule has 0 bridgehead atoms. The van der Waals surface area contributed by atoms with Crippen molar-refractivity contribution in [1.29, 1.82) is 0 Å². The van der Waals surface area contributed by atoms with Crippen LogP contribution in [0.2, 0.25) is 5.22 Å². The Bertz CT molecular complexity index is 587. The number of hydrogen-bond acceptors (Lipinski definition) is 3. The van der Waals surface area contributed by atoms with Gasteiger partial charge in [0, 0.05) is 4.47 Å². The largest absolute Gasteiger partial charge is 0.452 e. The normalized spacial score (nSPS) is 10.4. The lowest BCUT2D eigenvalue weighted by atomic mass is 10.2. The number of amides is 1. The summed E-state index contributed by atoms with van der Waals surface area (Å²) in [5.41, 5.74) is 8.12. The minimum absolute atomic E-state index is 0.0503. The first-order valence-electron chi connectivity index (χ1n) is 5.09. The average molecular weight is 330 g/mol. The number of nitrogens with two attached hydrogens (primary N) is 1. The maximum absolute atomic E-state index is 12.0. The number of hydrogen-bond donors (Lipinski definition) is 2. The van der Waals surface area contributed by atoms with Gasteiger partial charge >= 0.3 is 0 Å². The summed E-state index contributed by atoms with van der Waals surface area (Å²) in [7, 11) is 0. The second-order valence-corrected chi connectivity index (χ2v) is 4.97. The van der Waals surface area contributed by atoms with E-state index in [1.165, 1.54) is 12.3 Å². The predicted molar refractivity (Wildman–Crippen MR) is 75.0 cm³/mol. The van der Waals surface area contributed by atoms with Crippen LogP contribution in [-0.4, -0.2) is 5.91 Å². The number of aryl methyl sites for hydroxylation is 1. The molecular formula is C12H10BrClN2O2. The zero-order valence-electron chi connectivity index (χ0n) is 9.46. The highest BCUT2D eigenvalue weighted by Crippen LogP contribution is 2.31. The second-order valence-electron chi connectivity index (χ2n) is 3.77. The highest BCUT2D eigenvalue weighted by atomic mass is 79.9.